The number of nitrogens with zero attached hydrogens (tertiary/aromatic N) is 1. The molecule has 2 aromatic rings. The molecule has 0 saturated heterocycles. The van der Waals surface area contributed by atoms with Gasteiger partial charge in [-0.2, -0.15) is 0 Å². The highest BCUT2D eigenvalue weighted by Gasteiger charge is 2.02. The normalized spacial score (nSPS) is 10.5. The fourth-order valence-corrected chi connectivity index (χ4v) is 2.11. The SMILES string of the molecule is Cc1[nH]c(CCc2ccccc2)nc(=S)c1Br. The van der Waals surface area contributed by atoms with Crippen molar-refractivity contribution in [1.82, 2.24) is 9.97 Å². The zero-order valence-electron chi connectivity index (χ0n) is 9.53. The zero-order chi connectivity index (χ0) is 12.3. The van der Waals surface area contributed by atoms with E-state index in [4.69, 9.17) is 12.2 Å². The summed E-state index contributed by atoms with van der Waals surface area (Å²) in [5.41, 5.74) is 2.35. The third-order valence-electron chi connectivity index (χ3n) is 2.58. The molecule has 0 aliphatic heterocycles. The van der Waals surface area contributed by atoms with Crippen LogP contribution in [-0.2, 0) is 12.8 Å². The Morgan fingerprint density at radius 3 is 2.59 bits per heavy atom. The van der Waals surface area contributed by atoms with Crippen LogP contribution in [-0.4, -0.2) is 9.97 Å². The molecule has 2 nitrogen and oxygen atoms in total. The lowest BCUT2D eigenvalue weighted by molar-refractivity contribution is 0.838. The highest BCUT2D eigenvalue weighted by Crippen LogP contribution is 2.15. The standard InChI is InChI=1S/C13H13BrN2S/c1-9-12(14)13(17)16-11(15-9)8-7-10-5-3-2-4-6-10/h2-6H,7-8H2,1H3,(H,15,16,17). The minimum atomic E-state index is 0.629. The molecule has 0 unspecified atom stereocenters. The third kappa shape index (κ3) is 3.23. The summed E-state index contributed by atoms with van der Waals surface area (Å²) in [6, 6.07) is 10.4. The van der Waals surface area contributed by atoms with Crippen LogP contribution in [0, 0.1) is 11.6 Å². The van der Waals surface area contributed by atoms with Crippen LogP contribution >= 0.6 is 28.1 Å². The van der Waals surface area contributed by atoms with Gasteiger partial charge in [-0.25, -0.2) is 4.98 Å². The van der Waals surface area contributed by atoms with Crippen LogP contribution in [0.15, 0.2) is 34.8 Å². The summed E-state index contributed by atoms with van der Waals surface area (Å²) in [5, 5.41) is 0. The van der Waals surface area contributed by atoms with Gasteiger partial charge in [-0.3, -0.25) is 0 Å². The fraction of sp³-hybridized carbons (Fsp3) is 0.231. The van der Waals surface area contributed by atoms with E-state index in [0.29, 0.717) is 4.64 Å². The van der Waals surface area contributed by atoms with E-state index in [-0.39, 0.29) is 0 Å². The lowest BCUT2D eigenvalue weighted by atomic mass is 10.1. The Balaban J connectivity index is 2.13. The number of aromatic nitrogens is 2. The number of H-pyrrole nitrogens is 1. The van der Waals surface area contributed by atoms with Crippen LogP contribution in [0.3, 0.4) is 0 Å². The summed E-state index contributed by atoms with van der Waals surface area (Å²) in [7, 11) is 0. The van der Waals surface area contributed by atoms with Gasteiger partial charge in [-0.15, -0.1) is 0 Å². The summed E-state index contributed by atoms with van der Waals surface area (Å²) in [4.78, 5) is 7.62. The maximum absolute atomic E-state index is 5.18. The smallest absolute Gasteiger partial charge is 0.144 e. The highest BCUT2D eigenvalue weighted by molar-refractivity contribution is 9.10. The molecule has 0 aliphatic carbocycles. The molecule has 0 amide bonds. The molecule has 17 heavy (non-hydrogen) atoms. The van der Waals surface area contributed by atoms with E-state index >= 15 is 0 Å². The van der Waals surface area contributed by atoms with Crippen molar-refractivity contribution in [2.24, 2.45) is 0 Å². The topological polar surface area (TPSA) is 28.7 Å². The first-order chi connectivity index (χ1) is 8.16. The van der Waals surface area contributed by atoms with Crippen molar-refractivity contribution in [2.75, 3.05) is 0 Å². The molecule has 1 heterocycles. The summed E-state index contributed by atoms with van der Waals surface area (Å²) < 4.78 is 1.51. The van der Waals surface area contributed by atoms with Crippen molar-refractivity contribution < 1.29 is 0 Å². The summed E-state index contributed by atoms with van der Waals surface area (Å²) in [6.45, 7) is 1.99. The van der Waals surface area contributed by atoms with E-state index in [2.05, 4.69) is 50.2 Å². The van der Waals surface area contributed by atoms with Gasteiger partial charge in [0.25, 0.3) is 0 Å². The van der Waals surface area contributed by atoms with Gasteiger partial charge >= 0.3 is 0 Å². The van der Waals surface area contributed by atoms with Crippen LogP contribution in [0.2, 0.25) is 0 Å². The molecular weight excluding hydrogens is 296 g/mol. The maximum Gasteiger partial charge on any atom is 0.144 e. The van der Waals surface area contributed by atoms with Crippen molar-refractivity contribution in [3.8, 4) is 0 Å². The number of nitrogens with one attached hydrogen (secondary N) is 1. The number of rotatable bonds is 3. The maximum atomic E-state index is 5.18. The average Bonchev–Trinajstić information content (AvgIpc) is 2.34. The van der Waals surface area contributed by atoms with Crippen molar-refractivity contribution in [2.45, 2.75) is 19.8 Å². The van der Waals surface area contributed by atoms with Gasteiger partial charge in [0.2, 0.25) is 0 Å². The summed E-state index contributed by atoms with van der Waals surface area (Å²) in [6.07, 6.45) is 1.85. The third-order valence-corrected chi connectivity index (χ3v) is 4.11. The van der Waals surface area contributed by atoms with E-state index in [1.165, 1.54) is 5.56 Å². The highest BCUT2D eigenvalue weighted by atomic mass is 79.9. The Kier molecular flexibility index (Phi) is 4.07. The van der Waals surface area contributed by atoms with Crippen molar-refractivity contribution >= 4 is 28.1 Å². The van der Waals surface area contributed by atoms with Crippen molar-refractivity contribution in [1.29, 1.82) is 0 Å². The minimum absolute atomic E-state index is 0.629. The molecule has 0 radical (unpaired) electrons. The van der Waals surface area contributed by atoms with Crippen molar-refractivity contribution in [3.05, 3.63) is 56.5 Å². The Hall–Kier alpha value is -1.00. The Labute approximate surface area is 114 Å². The fourth-order valence-electron chi connectivity index (χ4n) is 1.66. The lowest BCUT2D eigenvalue weighted by Crippen LogP contribution is -2.01. The molecule has 0 bridgehead atoms. The summed E-state index contributed by atoms with van der Waals surface area (Å²) in [5.74, 6) is 0.944. The Bertz CT molecular complexity index is 563. The van der Waals surface area contributed by atoms with Gasteiger partial charge in [0.1, 0.15) is 10.5 Å². The molecule has 88 valence electrons. The zero-order valence-corrected chi connectivity index (χ0v) is 11.9. The molecule has 0 aliphatic rings. The number of benzene rings is 1. The quantitative estimate of drug-likeness (QED) is 0.868. The molecule has 0 saturated carbocycles. The second-order valence-electron chi connectivity index (χ2n) is 3.91. The van der Waals surface area contributed by atoms with E-state index in [9.17, 15) is 0 Å². The van der Waals surface area contributed by atoms with Gasteiger partial charge in [0.15, 0.2) is 0 Å². The molecule has 2 rings (SSSR count). The second-order valence-corrected chi connectivity index (χ2v) is 5.09. The first-order valence-electron chi connectivity index (χ1n) is 5.46. The van der Waals surface area contributed by atoms with E-state index in [0.717, 1.165) is 28.8 Å². The molecule has 0 atom stereocenters. The minimum Gasteiger partial charge on any atom is -0.346 e. The van der Waals surface area contributed by atoms with Crippen molar-refractivity contribution in [3.63, 3.8) is 0 Å². The Morgan fingerprint density at radius 1 is 1.24 bits per heavy atom. The van der Waals surface area contributed by atoms with Crippen LogP contribution in [0.25, 0.3) is 0 Å². The van der Waals surface area contributed by atoms with Crippen LogP contribution in [0.1, 0.15) is 17.1 Å². The number of hydrogen-bond acceptors (Lipinski definition) is 2. The first kappa shape index (κ1) is 12.5. The van der Waals surface area contributed by atoms with Crippen LogP contribution in [0.4, 0.5) is 0 Å². The average molecular weight is 309 g/mol. The van der Waals surface area contributed by atoms with Crippen LogP contribution < -0.4 is 0 Å². The van der Waals surface area contributed by atoms with Gasteiger partial charge in [-0.05, 0) is 34.8 Å². The predicted octanol–water partition coefficient (Wildman–Crippen LogP) is 4.00. The van der Waals surface area contributed by atoms with E-state index in [1.807, 2.05) is 13.0 Å². The molecular formula is C13H13BrN2S. The lowest BCUT2D eigenvalue weighted by Gasteiger charge is -2.05. The monoisotopic (exact) mass is 308 g/mol. The molecule has 1 aromatic carbocycles. The number of aromatic amines is 1. The van der Waals surface area contributed by atoms with E-state index < -0.39 is 0 Å². The van der Waals surface area contributed by atoms with Gasteiger partial charge < -0.3 is 4.98 Å². The second kappa shape index (κ2) is 5.56. The van der Waals surface area contributed by atoms with Gasteiger partial charge in [0.05, 0.1) is 4.47 Å². The number of halogens is 1. The Morgan fingerprint density at radius 2 is 1.94 bits per heavy atom. The van der Waals surface area contributed by atoms with Gasteiger partial charge in [0, 0.05) is 12.1 Å². The van der Waals surface area contributed by atoms with Crippen LogP contribution in [0.5, 0.6) is 0 Å². The van der Waals surface area contributed by atoms with E-state index in [1.54, 1.807) is 0 Å². The van der Waals surface area contributed by atoms with Gasteiger partial charge in [-0.1, -0.05) is 42.5 Å². The number of hydrogen-bond donors (Lipinski definition) is 1. The number of aryl methyl sites for hydroxylation is 3. The molecule has 0 fully saturated rings. The molecule has 0 spiro atoms. The largest absolute Gasteiger partial charge is 0.346 e. The molecule has 4 heteroatoms. The molecule has 1 N–H and O–H groups in total. The molecule has 1 aromatic heterocycles. The first-order valence-corrected chi connectivity index (χ1v) is 6.66. The predicted molar refractivity (Wildman–Crippen MR) is 75.7 cm³/mol. The summed E-state index contributed by atoms with van der Waals surface area (Å²) >= 11 is 8.59.